The summed E-state index contributed by atoms with van der Waals surface area (Å²) in [5.41, 5.74) is 2.54. The molecular formula is C25H29N5O4S. The molecule has 1 aliphatic rings. The number of sulfonamides is 1. The summed E-state index contributed by atoms with van der Waals surface area (Å²) in [6.45, 7) is 5.40. The highest BCUT2D eigenvalue weighted by Crippen LogP contribution is 2.32. The Bertz CT molecular complexity index is 1320. The summed E-state index contributed by atoms with van der Waals surface area (Å²) in [7, 11) is -3.56. The molecule has 1 aliphatic heterocycles. The summed E-state index contributed by atoms with van der Waals surface area (Å²) in [6.07, 6.45) is 5.97. The van der Waals surface area contributed by atoms with Crippen molar-refractivity contribution in [2.45, 2.75) is 38.1 Å². The quantitative estimate of drug-likeness (QED) is 0.491. The molecule has 1 N–H and O–H groups in total. The first-order chi connectivity index (χ1) is 16.8. The molecule has 0 unspecified atom stereocenters. The molecule has 10 heteroatoms. The van der Waals surface area contributed by atoms with Gasteiger partial charge in [0.1, 0.15) is 0 Å². The number of imidazole rings is 1. The fraction of sp³-hybridized carbons (Fsp3) is 0.320. The standard InChI is InChI=1S/C25H29N5O4S/c1-3-29(4-2)35(33,34)22-8-9-23-19(17-22)10-14-30(23)25(32)20-6-5-7-21(16-20)27-24(31)11-13-28-15-12-26-18-28/h5-9,12,15-18H,3-4,10-11,13-14H2,1-2H3,(H,27,31). The van der Waals surface area contributed by atoms with Gasteiger partial charge in [-0.15, -0.1) is 0 Å². The van der Waals surface area contributed by atoms with E-state index in [1.807, 2.05) is 18.4 Å². The normalized spacial score (nSPS) is 13.2. The van der Waals surface area contributed by atoms with Crippen LogP contribution in [0.1, 0.15) is 36.2 Å². The number of nitrogens with zero attached hydrogens (tertiary/aromatic N) is 4. The van der Waals surface area contributed by atoms with E-state index in [1.165, 1.54) is 4.31 Å². The first-order valence-electron chi connectivity index (χ1n) is 11.6. The molecule has 0 bridgehead atoms. The Morgan fingerprint density at radius 2 is 1.91 bits per heavy atom. The van der Waals surface area contributed by atoms with Crippen LogP contribution < -0.4 is 10.2 Å². The van der Waals surface area contributed by atoms with Crippen molar-refractivity contribution in [3.63, 3.8) is 0 Å². The highest BCUT2D eigenvalue weighted by Gasteiger charge is 2.29. The first kappa shape index (κ1) is 24.6. The van der Waals surface area contributed by atoms with Crippen LogP contribution in [0.15, 0.2) is 66.1 Å². The van der Waals surface area contributed by atoms with Crippen molar-refractivity contribution in [3.05, 3.63) is 72.3 Å². The largest absolute Gasteiger partial charge is 0.337 e. The van der Waals surface area contributed by atoms with Crippen molar-refractivity contribution in [3.8, 4) is 0 Å². The van der Waals surface area contributed by atoms with Crippen LogP contribution >= 0.6 is 0 Å². The zero-order valence-electron chi connectivity index (χ0n) is 19.8. The maximum absolute atomic E-state index is 13.3. The number of aryl methyl sites for hydroxylation is 1. The fourth-order valence-corrected chi connectivity index (χ4v) is 5.73. The number of hydrogen-bond donors (Lipinski definition) is 1. The molecule has 2 heterocycles. The van der Waals surface area contributed by atoms with E-state index in [-0.39, 0.29) is 23.1 Å². The fourth-order valence-electron chi connectivity index (χ4n) is 4.22. The highest BCUT2D eigenvalue weighted by molar-refractivity contribution is 7.89. The molecule has 9 nitrogen and oxygen atoms in total. The maximum atomic E-state index is 13.3. The van der Waals surface area contributed by atoms with Crippen LogP contribution in [0.2, 0.25) is 0 Å². The van der Waals surface area contributed by atoms with E-state index in [0.29, 0.717) is 49.5 Å². The lowest BCUT2D eigenvalue weighted by Gasteiger charge is -2.20. The van der Waals surface area contributed by atoms with Crippen molar-refractivity contribution in [2.75, 3.05) is 29.9 Å². The minimum atomic E-state index is -3.56. The Morgan fingerprint density at radius 1 is 1.11 bits per heavy atom. The molecule has 0 radical (unpaired) electrons. The minimum Gasteiger partial charge on any atom is -0.337 e. The topological polar surface area (TPSA) is 105 Å². The molecule has 0 fully saturated rings. The van der Waals surface area contributed by atoms with E-state index in [0.717, 1.165) is 5.56 Å². The van der Waals surface area contributed by atoms with Crippen molar-refractivity contribution in [2.24, 2.45) is 0 Å². The Morgan fingerprint density at radius 3 is 2.63 bits per heavy atom. The summed E-state index contributed by atoms with van der Waals surface area (Å²) in [4.78, 5) is 31.5. The van der Waals surface area contributed by atoms with Crippen molar-refractivity contribution in [1.82, 2.24) is 13.9 Å². The Labute approximate surface area is 205 Å². The lowest BCUT2D eigenvalue weighted by atomic mass is 10.1. The molecular weight excluding hydrogens is 466 g/mol. The smallest absolute Gasteiger partial charge is 0.258 e. The van der Waals surface area contributed by atoms with Crippen molar-refractivity contribution >= 4 is 33.2 Å². The molecule has 35 heavy (non-hydrogen) atoms. The van der Waals surface area contributed by atoms with Crippen LogP contribution in [-0.2, 0) is 27.8 Å². The van der Waals surface area contributed by atoms with Gasteiger partial charge in [0.25, 0.3) is 5.91 Å². The third kappa shape index (κ3) is 5.28. The van der Waals surface area contributed by atoms with Crippen molar-refractivity contribution in [1.29, 1.82) is 0 Å². The van der Waals surface area contributed by atoms with E-state index in [1.54, 1.807) is 66.1 Å². The number of hydrogen-bond acceptors (Lipinski definition) is 5. The summed E-state index contributed by atoms with van der Waals surface area (Å²) in [6, 6.07) is 11.8. The van der Waals surface area contributed by atoms with Gasteiger partial charge in [0.05, 0.1) is 11.2 Å². The molecule has 0 saturated carbocycles. The number of nitrogens with one attached hydrogen (secondary N) is 1. The first-order valence-corrected chi connectivity index (χ1v) is 13.1. The second kappa shape index (κ2) is 10.4. The number of amides is 2. The number of aromatic nitrogens is 2. The zero-order valence-corrected chi connectivity index (χ0v) is 20.7. The Balaban J connectivity index is 1.47. The predicted molar refractivity (Wildman–Crippen MR) is 134 cm³/mol. The molecule has 0 atom stereocenters. The number of carbonyl (C=O) groups is 2. The molecule has 4 rings (SSSR count). The van der Waals surface area contributed by atoms with Crippen LogP contribution in [0.3, 0.4) is 0 Å². The molecule has 2 aromatic carbocycles. The molecule has 184 valence electrons. The van der Waals surface area contributed by atoms with Crippen LogP contribution in [0.4, 0.5) is 11.4 Å². The van der Waals surface area contributed by atoms with Crippen LogP contribution in [0.25, 0.3) is 0 Å². The SMILES string of the molecule is CCN(CC)S(=O)(=O)c1ccc2c(c1)CCN2C(=O)c1cccc(NC(=O)CCn2ccnc2)c1. The maximum Gasteiger partial charge on any atom is 0.258 e. The van der Waals surface area contributed by atoms with E-state index in [2.05, 4.69) is 10.3 Å². The van der Waals surface area contributed by atoms with Crippen LogP contribution in [-0.4, -0.2) is 53.7 Å². The number of rotatable bonds is 9. The zero-order chi connectivity index (χ0) is 25.0. The van der Waals surface area contributed by atoms with Gasteiger partial charge in [-0.2, -0.15) is 4.31 Å². The molecule has 0 saturated heterocycles. The lowest BCUT2D eigenvalue weighted by Crippen LogP contribution is -2.30. The summed E-state index contributed by atoms with van der Waals surface area (Å²) >= 11 is 0. The van der Waals surface area contributed by atoms with E-state index in [9.17, 15) is 18.0 Å². The van der Waals surface area contributed by atoms with Gasteiger partial charge in [-0.05, 0) is 48.4 Å². The third-order valence-corrected chi connectivity index (χ3v) is 8.13. The number of carbonyl (C=O) groups excluding carboxylic acids is 2. The summed E-state index contributed by atoms with van der Waals surface area (Å²) in [5.74, 6) is -0.352. The van der Waals surface area contributed by atoms with Gasteiger partial charge in [0.2, 0.25) is 15.9 Å². The molecule has 1 aromatic heterocycles. The second-order valence-electron chi connectivity index (χ2n) is 8.27. The molecule has 0 aliphatic carbocycles. The second-order valence-corrected chi connectivity index (χ2v) is 10.2. The molecule has 0 spiro atoms. The summed E-state index contributed by atoms with van der Waals surface area (Å²) < 4.78 is 29.0. The summed E-state index contributed by atoms with van der Waals surface area (Å²) in [5, 5.41) is 2.84. The van der Waals surface area contributed by atoms with Gasteiger partial charge in [0.15, 0.2) is 0 Å². The van der Waals surface area contributed by atoms with Gasteiger partial charge >= 0.3 is 0 Å². The van der Waals surface area contributed by atoms with Gasteiger partial charge in [0, 0.05) is 61.9 Å². The van der Waals surface area contributed by atoms with Crippen molar-refractivity contribution < 1.29 is 18.0 Å². The van der Waals surface area contributed by atoms with Gasteiger partial charge < -0.3 is 14.8 Å². The van der Waals surface area contributed by atoms with Gasteiger partial charge in [-0.1, -0.05) is 19.9 Å². The van der Waals surface area contributed by atoms with E-state index in [4.69, 9.17) is 0 Å². The number of anilines is 2. The van der Waals surface area contributed by atoms with Gasteiger partial charge in [-0.3, -0.25) is 9.59 Å². The van der Waals surface area contributed by atoms with Crippen LogP contribution in [0, 0.1) is 0 Å². The molecule has 2 amide bonds. The van der Waals surface area contributed by atoms with E-state index < -0.39 is 10.0 Å². The van der Waals surface area contributed by atoms with Gasteiger partial charge in [-0.25, -0.2) is 13.4 Å². The Hall–Kier alpha value is -3.50. The average Bonchev–Trinajstić information content (AvgIpc) is 3.52. The number of fused-ring (bicyclic) bond motifs is 1. The predicted octanol–water partition coefficient (Wildman–Crippen LogP) is 3.15. The molecule has 3 aromatic rings. The minimum absolute atomic E-state index is 0.156. The third-order valence-electron chi connectivity index (χ3n) is 6.08. The Kier molecular flexibility index (Phi) is 7.32. The average molecular weight is 496 g/mol. The van der Waals surface area contributed by atoms with E-state index >= 15 is 0 Å². The number of benzene rings is 2. The monoisotopic (exact) mass is 495 g/mol. The van der Waals surface area contributed by atoms with Crippen LogP contribution in [0.5, 0.6) is 0 Å². The lowest BCUT2D eigenvalue weighted by molar-refractivity contribution is -0.116. The highest BCUT2D eigenvalue weighted by atomic mass is 32.2.